The molecular formula is C6H13OP. The highest BCUT2D eigenvalue weighted by molar-refractivity contribution is 7.00. The van der Waals surface area contributed by atoms with Gasteiger partial charge in [0.2, 0.25) is 0 Å². The standard InChI is InChI=1S/2C3H6.HOP/c2*1-3-2;1-2/h2*3H,1H2,2H3;2H. The van der Waals surface area contributed by atoms with Gasteiger partial charge in [-0.05, 0) is 13.8 Å². The molecule has 0 N–H and O–H groups in total. The van der Waals surface area contributed by atoms with Gasteiger partial charge in [-0.25, -0.2) is 0 Å². The molecule has 8 heavy (non-hydrogen) atoms. The van der Waals surface area contributed by atoms with Crippen LogP contribution in [0.1, 0.15) is 13.8 Å². The van der Waals surface area contributed by atoms with Gasteiger partial charge in [-0.2, -0.15) is 0 Å². The largest absolute Gasteiger partial charge is 0.279 e. The third-order valence-corrected chi connectivity index (χ3v) is 0. The van der Waals surface area contributed by atoms with E-state index in [1.807, 2.05) is 13.8 Å². The molecule has 0 heterocycles. The van der Waals surface area contributed by atoms with Crippen LogP contribution in [-0.4, -0.2) is 0 Å². The molecule has 1 nitrogen and oxygen atoms in total. The van der Waals surface area contributed by atoms with Crippen LogP contribution in [0.4, 0.5) is 0 Å². The fourth-order valence-electron chi connectivity index (χ4n) is 0. The molecule has 0 rings (SSSR count). The smallest absolute Gasteiger partial charge is 0.138 e. The molecule has 0 amide bonds. The number of allylic oxidation sites excluding steroid dienone is 2. The molecule has 0 radical (unpaired) electrons. The van der Waals surface area contributed by atoms with E-state index in [0.717, 1.165) is 0 Å². The molecule has 0 saturated heterocycles. The normalized spacial score (nSPS) is 3.75. The molecule has 0 saturated carbocycles. The summed E-state index contributed by atoms with van der Waals surface area (Å²) in [6.07, 6.45) is 3.50. The fraction of sp³-hybridized carbons (Fsp3) is 0.333. The summed E-state index contributed by atoms with van der Waals surface area (Å²) in [5.74, 6) is 0. The minimum absolute atomic E-state index is 1.72. The van der Waals surface area contributed by atoms with Crippen LogP contribution in [0.2, 0.25) is 0 Å². The van der Waals surface area contributed by atoms with Crippen molar-refractivity contribution in [1.29, 1.82) is 0 Å². The van der Waals surface area contributed by atoms with Gasteiger partial charge >= 0.3 is 0 Å². The summed E-state index contributed by atoms with van der Waals surface area (Å²) in [6.45, 7) is 10.5. The third-order valence-electron chi connectivity index (χ3n) is 0. The molecule has 0 aromatic rings. The molecule has 2 heteroatoms. The predicted molar refractivity (Wildman–Crippen MR) is 40.7 cm³/mol. The Morgan fingerprint density at radius 2 is 1.12 bits per heavy atom. The third kappa shape index (κ3) is 664. The Balaban J connectivity index is -0.0000000483. The average Bonchev–Trinajstić information content (AvgIpc) is 1.75. The molecule has 0 aliphatic rings. The van der Waals surface area contributed by atoms with Crippen molar-refractivity contribution in [2.45, 2.75) is 13.8 Å². The Labute approximate surface area is 53.7 Å². The fourth-order valence-corrected chi connectivity index (χ4v) is 0. The van der Waals surface area contributed by atoms with E-state index < -0.39 is 0 Å². The zero-order valence-corrected chi connectivity index (χ0v) is 6.48. The summed E-state index contributed by atoms with van der Waals surface area (Å²) in [7, 11) is 1.72. The lowest BCUT2D eigenvalue weighted by molar-refractivity contribution is 0.607. The van der Waals surface area contributed by atoms with Crippen LogP contribution in [0, 0.1) is 0 Å². The molecule has 0 fully saturated rings. The summed E-state index contributed by atoms with van der Waals surface area (Å²) < 4.78 is 8.06. The molecule has 0 spiro atoms. The van der Waals surface area contributed by atoms with Crippen LogP contribution in [0.25, 0.3) is 0 Å². The van der Waals surface area contributed by atoms with E-state index in [2.05, 4.69) is 13.2 Å². The molecule has 48 valence electrons. The monoisotopic (exact) mass is 132 g/mol. The number of hydrogen-bond acceptors (Lipinski definition) is 1. The first-order valence-corrected chi connectivity index (χ1v) is 2.58. The SMILES string of the molecule is C=CC.C=CC.O=P. The Morgan fingerprint density at radius 1 is 1.12 bits per heavy atom. The minimum Gasteiger partial charge on any atom is -0.279 e. The molecule has 0 atom stereocenters. The van der Waals surface area contributed by atoms with Crippen molar-refractivity contribution in [3.05, 3.63) is 25.3 Å². The highest BCUT2D eigenvalue weighted by Crippen LogP contribution is 1.38. The zero-order chi connectivity index (χ0) is 7.41. The van der Waals surface area contributed by atoms with Crippen LogP contribution in [-0.2, 0) is 4.57 Å². The van der Waals surface area contributed by atoms with Crippen molar-refractivity contribution in [1.82, 2.24) is 0 Å². The van der Waals surface area contributed by atoms with E-state index >= 15 is 0 Å². The van der Waals surface area contributed by atoms with Crippen molar-refractivity contribution >= 4 is 9.12 Å². The first kappa shape index (κ1) is 15.6. The summed E-state index contributed by atoms with van der Waals surface area (Å²) in [5.41, 5.74) is 0. The van der Waals surface area contributed by atoms with E-state index in [1.54, 1.807) is 21.3 Å². The van der Waals surface area contributed by atoms with Gasteiger partial charge in [0.1, 0.15) is 9.12 Å². The van der Waals surface area contributed by atoms with E-state index in [-0.39, 0.29) is 0 Å². The van der Waals surface area contributed by atoms with E-state index in [0.29, 0.717) is 0 Å². The van der Waals surface area contributed by atoms with Crippen LogP contribution >= 0.6 is 9.12 Å². The second-order valence-electron chi connectivity index (χ2n) is 0.816. The number of hydrogen-bond donors (Lipinski definition) is 0. The second kappa shape index (κ2) is 82.1. The lowest BCUT2D eigenvalue weighted by Crippen LogP contribution is -1.07. The molecular weight excluding hydrogens is 119 g/mol. The molecule has 0 aliphatic heterocycles. The van der Waals surface area contributed by atoms with Gasteiger partial charge in [-0.1, -0.05) is 12.2 Å². The highest BCUT2D eigenvalue weighted by Gasteiger charge is 1.15. The van der Waals surface area contributed by atoms with Gasteiger partial charge in [0.25, 0.3) is 0 Å². The van der Waals surface area contributed by atoms with Crippen molar-refractivity contribution < 1.29 is 4.57 Å². The molecule has 0 unspecified atom stereocenters. The van der Waals surface area contributed by atoms with Crippen LogP contribution in [0.3, 0.4) is 0 Å². The lowest BCUT2D eigenvalue weighted by Gasteiger charge is -1.31. The summed E-state index contributed by atoms with van der Waals surface area (Å²) in [5, 5.41) is 0. The molecule has 0 aromatic heterocycles. The first-order valence-electron chi connectivity index (χ1n) is 2.18. The molecule has 0 aliphatic carbocycles. The Hall–Kier alpha value is -0.420. The van der Waals surface area contributed by atoms with Crippen LogP contribution in [0.5, 0.6) is 0 Å². The van der Waals surface area contributed by atoms with E-state index in [1.165, 1.54) is 0 Å². The summed E-state index contributed by atoms with van der Waals surface area (Å²) in [6, 6.07) is 0. The summed E-state index contributed by atoms with van der Waals surface area (Å²) in [4.78, 5) is 0. The maximum Gasteiger partial charge on any atom is 0.138 e. The van der Waals surface area contributed by atoms with Gasteiger partial charge < -0.3 is 0 Å². The molecule has 0 aromatic carbocycles. The van der Waals surface area contributed by atoms with Crippen molar-refractivity contribution in [2.75, 3.05) is 0 Å². The maximum absolute atomic E-state index is 8.06. The van der Waals surface area contributed by atoms with Gasteiger partial charge in [0.15, 0.2) is 0 Å². The average molecular weight is 132 g/mol. The minimum atomic E-state index is 1.72. The Kier molecular flexibility index (Phi) is 161. The van der Waals surface area contributed by atoms with Gasteiger partial charge in [0.05, 0.1) is 0 Å². The maximum atomic E-state index is 8.06. The van der Waals surface area contributed by atoms with Crippen molar-refractivity contribution in [3.8, 4) is 0 Å². The quantitative estimate of drug-likeness (QED) is 0.366. The Morgan fingerprint density at radius 3 is 1.12 bits per heavy atom. The summed E-state index contributed by atoms with van der Waals surface area (Å²) >= 11 is 0. The van der Waals surface area contributed by atoms with Crippen LogP contribution in [0.15, 0.2) is 25.3 Å². The highest BCUT2D eigenvalue weighted by atomic mass is 31.0. The van der Waals surface area contributed by atoms with Gasteiger partial charge in [-0.3, -0.25) is 4.57 Å². The van der Waals surface area contributed by atoms with Gasteiger partial charge in [0, 0.05) is 0 Å². The van der Waals surface area contributed by atoms with E-state index in [9.17, 15) is 0 Å². The molecule has 0 bridgehead atoms. The Bertz CT molecular complexity index is 37.8. The van der Waals surface area contributed by atoms with E-state index in [4.69, 9.17) is 4.57 Å². The zero-order valence-electron chi connectivity index (χ0n) is 5.48. The lowest BCUT2D eigenvalue weighted by atomic mass is 10.8. The van der Waals surface area contributed by atoms with Crippen LogP contribution < -0.4 is 0 Å². The van der Waals surface area contributed by atoms with Gasteiger partial charge in [-0.15, -0.1) is 13.2 Å². The van der Waals surface area contributed by atoms with Crippen molar-refractivity contribution in [2.24, 2.45) is 0 Å². The second-order valence-corrected chi connectivity index (χ2v) is 0.816. The topological polar surface area (TPSA) is 17.1 Å². The predicted octanol–water partition coefficient (Wildman–Crippen LogP) is 2.86. The first-order chi connectivity index (χ1) is 3.83. The number of rotatable bonds is 0. The van der Waals surface area contributed by atoms with Crippen molar-refractivity contribution in [3.63, 3.8) is 0 Å².